The molecule has 0 aliphatic rings. The summed E-state index contributed by atoms with van der Waals surface area (Å²) in [6.45, 7) is 2.76. The number of pyridine rings is 1. The number of hydrogen-bond donors (Lipinski definition) is 1. The largest absolute Gasteiger partial charge is 0.493 e. The molecule has 1 rings (SSSR count). The van der Waals surface area contributed by atoms with Gasteiger partial charge < -0.3 is 9.84 Å². The van der Waals surface area contributed by atoms with Crippen LogP contribution in [0.3, 0.4) is 0 Å². The zero-order valence-electron chi connectivity index (χ0n) is 10.9. The molecule has 1 aromatic heterocycles. The third-order valence-corrected chi connectivity index (χ3v) is 2.77. The maximum Gasteiger partial charge on any atom is 0.341 e. The van der Waals surface area contributed by atoms with Crippen LogP contribution in [0.15, 0.2) is 18.5 Å². The standard InChI is InChI=1S/C14H21NO3/c1-2-3-4-5-6-7-10-18-13-8-9-15-11-12(13)14(16)17/h8-9,11H,2-7,10H2,1H3,(H,16,17). The fourth-order valence-electron chi connectivity index (χ4n) is 1.73. The predicted octanol–water partition coefficient (Wildman–Crippen LogP) is 3.52. The van der Waals surface area contributed by atoms with Gasteiger partial charge in [-0.1, -0.05) is 39.0 Å². The van der Waals surface area contributed by atoms with E-state index < -0.39 is 5.97 Å². The highest BCUT2D eigenvalue weighted by Gasteiger charge is 2.10. The number of carbonyl (C=O) groups is 1. The number of carboxylic acid groups (broad SMARTS) is 1. The Hall–Kier alpha value is -1.58. The molecule has 0 atom stereocenters. The van der Waals surface area contributed by atoms with Gasteiger partial charge in [0.05, 0.1) is 6.61 Å². The Morgan fingerprint density at radius 1 is 1.28 bits per heavy atom. The predicted molar refractivity (Wildman–Crippen MR) is 70.1 cm³/mol. The van der Waals surface area contributed by atoms with Crippen LogP contribution in [0, 0.1) is 0 Å². The number of aromatic carboxylic acids is 1. The van der Waals surface area contributed by atoms with E-state index in [0.717, 1.165) is 12.8 Å². The van der Waals surface area contributed by atoms with E-state index >= 15 is 0 Å². The van der Waals surface area contributed by atoms with Crippen LogP contribution in [0.2, 0.25) is 0 Å². The van der Waals surface area contributed by atoms with Crippen molar-refractivity contribution in [3.63, 3.8) is 0 Å². The Labute approximate surface area is 108 Å². The number of nitrogens with zero attached hydrogens (tertiary/aromatic N) is 1. The molecular weight excluding hydrogens is 230 g/mol. The Morgan fingerprint density at radius 2 is 2.00 bits per heavy atom. The van der Waals surface area contributed by atoms with Gasteiger partial charge in [0.1, 0.15) is 11.3 Å². The first-order valence-corrected chi connectivity index (χ1v) is 6.55. The normalized spacial score (nSPS) is 10.3. The van der Waals surface area contributed by atoms with Gasteiger partial charge in [-0.2, -0.15) is 0 Å². The van der Waals surface area contributed by atoms with Crippen molar-refractivity contribution >= 4 is 5.97 Å². The summed E-state index contributed by atoms with van der Waals surface area (Å²) in [6.07, 6.45) is 9.98. The lowest BCUT2D eigenvalue weighted by molar-refractivity contribution is 0.0691. The third-order valence-electron chi connectivity index (χ3n) is 2.77. The van der Waals surface area contributed by atoms with Crippen LogP contribution in [0.5, 0.6) is 5.75 Å². The van der Waals surface area contributed by atoms with E-state index in [1.54, 1.807) is 12.3 Å². The average molecular weight is 251 g/mol. The molecule has 18 heavy (non-hydrogen) atoms. The number of hydrogen-bond acceptors (Lipinski definition) is 3. The molecule has 0 bridgehead atoms. The number of aromatic nitrogens is 1. The Morgan fingerprint density at radius 3 is 2.72 bits per heavy atom. The molecule has 100 valence electrons. The van der Waals surface area contributed by atoms with Gasteiger partial charge in [-0.25, -0.2) is 4.79 Å². The molecule has 1 aromatic rings. The van der Waals surface area contributed by atoms with Crippen LogP contribution in [0.25, 0.3) is 0 Å². The molecule has 0 aliphatic heterocycles. The maximum absolute atomic E-state index is 10.9. The number of ether oxygens (including phenoxy) is 1. The molecule has 4 heteroatoms. The van der Waals surface area contributed by atoms with Crippen molar-refractivity contribution in [2.45, 2.75) is 45.4 Å². The third kappa shape index (κ3) is 5.17. The summed E-state index contributed by atoms with van der Waals surface area (Å²) in [4.78, 5) is 14.7. The van der Waals surface area contributed by atoms with Crippen molar-refractivity contribution in [2.24, 2.45) is 0 Å². The van der Waals surface area contributed by atoms with Crippen molar-refractivity contribution in [1.82, 2.24) is 4.98 Å². The minimum absolute atomic E-state index is 0.128. The molecule has 0 aliphatic carbocycles. The van der Waals surface area contributed by atoms with Crippen LogP contribution >= 0.6 is 0 Å². The van der Waals surface area contributed by atoms with E-state index in [1.165, 1.54) is 31.9 Å². The minimum atomic E-state index is -0.999. The van der Waals surface area contributed by atoms with Crippen LogP contribution in [0.4, 0.5) is 0 Å². The van der Waals surface area contributed by atoms with E-state index in [2.05, 4.69) is 11.9 Å². The van der Waals surface area contributed by atoms with Gasteiger partial charge in [0.2, 0.25) is 0 Å². The van der Waals surface area contributed by atoms with Gasteiger partial charge in [0.25, 0.3) is 0 Å². The van der Waals surface area contributed by atoms with Gasteiger partial charge in [-0.05, 0) is 12.5 Å². The van der Waals surface area contributed by atoms with Crippen molar-refractivity contribution in [3.05, 3.63) is 24.0 Å². The van der Waals surface area contributed by atoms with Gasteiger partial charge in [0.15, 0.2) is 0 Å². The molecule has 1 heterocycles. The second-order valence-electron chi connectivity index (χ2n) is 4.29. The highest BCUT2D eigenvalue weighted by atomic mass is 16.5. The topological polar surface area (TPSA) is 59.4 Å². The summed E-state index contributed by atoms with van der Waals surface area (Å²) < 4.78 is 5.48. The summed E-state index contributed by atoms with van der Waals surface area (Å²) in [6, 6.07) is 1.60. The van der Waals surface area contributed by atoms with Crippen LogP contribution in [-0.2, 0) is 0 Å². The highest BCUT2D eigenvalue weighted by Crippen LogP contribution is 2.17. The van der Waals surface area contributed by atoms with E-state index in [1.807, 2.05) is 0 Å². The number of unbranched alkanes of at least 4 members (excludes halogenated alkanes) is 5. The van der Waals surface area contributed by atoms with E-state index in [4.69, 9.17) is 9.84 Å². The molecule has 1 N–H and O–H groups in total. The first kappa shape index (κ1) is 14.5. The van der Waals surface area contributed by atoms with Crippen LogP contribution in [-0.4, -0.2) is 22.7 Å². The minimum Gasteiger partial charge on any atom is -0.493 e. The Balaban J connectivity index is 2.25. The molecule has 0 saturated carbocycles. The lowest BCUT2D eigenvalue weighted by Gasteiger charge is -2.08. The summed E-state index contributed by atoms with van der Waals surface area (Å²) in [5.41, 5.74) is 0.128. The van der Waals surface area contributed by atoms with Crippen molar-refractivity contribution in [2.75, 3.05) is 6.61 Å². The molecule has 0 saturated heterocycles. The highest BCUT2D eigenvalue weighted by molar-refractivity contribution is 5.90. The van der Waals surface area contributed by atoms with Crippen molar-refractivity contribution in [1.29, 1.82) is 0 Å². The second kappa shape index (κ2) is 8.50. The van der Waals surface area contributed by atoms with E-state index in [9.17, 15) is 4.79 Å². The second-order valence-corrected chi connectivity index (χ2v) is 4.29. The first-order valence-electron chi connectivity index (χ1n) is 6.55. The fourth-order valence-corrected chi connectivity index (χ4v) is 1.73. The Kier molecular flexibility index (Phi) is 6.84. The quantitative estimate of drug-likeness (QED) is 0.682. The smallest absolute Gasteiger partial charge is 0.341 e. The lowest BCUT2D eigenvalue weighted by atomic mass is 10.1. The summed E-state index contributed by atoms with van der Waals surface area (Å²) in [5.74, 6) is -0.591. The Bertz CT molecular complexity index is 366. The fraction of sp³-hybridized carbons (Fsp3) is 0.571. The van der Waals surface area contributed by atoms with Gasteiger partial charge in [0, 0.05) is 12.4 Å². The zero-order valence-corrected chi connectivity index (χ0v) is 10.9. The van der Waals surface area contributed by atoms with E-state index in [-0.39, 0.29) is 5.56 Å². The molecule has 4 nitrogen and oxygen atoms in total. The van der Waals surface area contributed by atoms with Crippen molar-refractivity contribution in [3.8, 4) is 5.75 Å². The summed E-state index contributed by atoms with van der Waals surface area (Å²) in [5, 5.41) is 8.95. The summed E-state index contributed by atoms with van der Waals surface area (Å²) in [7, 11) is 0. The maximum atomic E-state index is 10.9. The molecule has 0 unspecified atom stereocenters. The zero-order chi connectivity index (χ0) is 13.2. The monoisotopic (exact) mass is 251 g/mol. The van der Waals surface area contributed by atoms with Crippen molar-refractivity contribution < 1.29 is 14.6 Å². The SMILES string of the molecule is CCCCCCCCOc1ccncc1C(=O)O. The average Bonchev–Trinajstić information content (AvgIpc) is 2.38. The number of rotatable bonds is 9. The molecule has 0 radical (unpaired) electrons. The molecule has 0 fully saturated rings. The summed E-state index contributed by atoms with van der Waals surface area (Å²) >= 11 is 0. The first-order chi connectivity index (χ1) is 8.75. The number of carboxylic acids is 1. The molecular formula is C14H21NO3. The molecule has 0 aromatic carbocycles. The van der Waals surface area contributed by atoms with Gasteiger partial charge in [-0.15, -0.1) is 0 Å². The van der Waals surface area contributed by atoms with Crippen LogP contribution < -0.4 is 4.74 Å². The van der Waals surface area contributed by atoms with Crippen LogP contribution in [0.1, 0.15) is 55.8 Å². The molecule has 0 spiro atoms. The molecule has 0 amide bonds. The lowest BCUT2D eigenvalue weighted by Crippen LogP contribution is -2.05. The van der Waals surface area contributed by atoms with Gasteiger partial charge in [-0.3, -0.25) is 4.98 Å². The van der Waals surface area contributed by atoms with E-state index in [0.29, 0.717) is 12.4 Å². The van der Waals surface area contributed by atoms with Gasteiger partial charge >= 0.3 is 5.97 Å².